The Labute approximate surface area is 107 Å². The minimum absolute atomic E-state index is 0.768. The van der Waals surface area contributed by atoms with Gasteiger partial charge in [-0.25, -0.2) is 0 Å². The van der Waals surface area contributed by atoms with E-state index >= 15 is 0 Å². The highest BCUT2D eigenvalue weighted by molar-refractivity contribution is 4.84. The molecule has 2 heterocycles. The molecule has 17 heavy (non-hydrogen) atoms. The molecule has 2 aliphatic rings. The lowest BCUT2D eigenvalue weighted by atomic mass is 10.2. The van der Waals surface area contributed by atoms with Crippen molar-refractivity contribution in [2.45, 2.75) is 39.2 Å². The summed E-state index contributed by atoms with van der Waals surface area (Å²) in [5.74, 6) is 0.768. The van der Waals surface area contributed by atoms with Crippen LogP contribution in [0.5, 0.6) is 0 Å². The van der Waals surface area contributed by atoms with Gasteiger partial charge in [0.25, 0.3) is 0 Å². The predicted molar refractivity (Wildman–Crippen MR) is 73.4 cm³/mol. The van der Waals surface area contributed by atoms with Gasteiger partial charge in [0.05, 0.1) is 0 Å². The lowest BCUT2D eigenvalue weighted by Gasteiger charge is -2.25. The molecular weight excluding hydrogens is 210 g/mol. The Hall–Kier alpha value is -0.120. The zero-order valence-corrected chi connectivity index (χ0v) is 11.6. The monoisotopic (exact) mass is 239 g/mol. The van der Waals surface area contributed by atoms with Crippen LogP contribution in [0.15, 0.2) is 0 Å². The van der Waals surface area contributed by atoms with Crippen LogP contribution in [0, 0.1) is 5.92 Å². The van der Waals surface area contributed by atoms with Crippen LogP contribution in [0.4, 0.5) is 0 Å². The number of rotatable bonds is 5. The van der Waals surface area contributed by atoms with Crippen molar-refractivity contribution in [1.29, 1.82) is 0 Å². The van der Waals surface area contributed by atoms with Gasteiger partial charge in [0, 0.05) is 25.7 Å². The van der Waals surface area contributed by atoms with E-state index in [1.165, 1.54) is 52.0 Å². The second kappa shape index (κ2) is 6.72. The molecule has 0 aromatic carbocycles. The van der Waals surface area contributed by atoms with Crippen molar-refractivity contribution in [2.75, 3.05) is 45.8 Å². The molecule has 0 spiro atoms. The average Bonchev–Trinajstić information content (AvgIpc) is 2.63. The van der Waals surface area contributed by atoms with Crippen molar-refractivity contribution < 1.29 is 0 Å². The fourth-order valence-corrected chi connectivity index (χ4v) is 3.11. The second-order valence-electron chi connectivity index (χ2n) is 6.08. The molecule has 0 aromatic rings. The fourth-order valence-electron chi connectivity index (χ4n) is 3.11. The van der Waals surface area contributed by atoms with Gasteiger partial charge in [-0.2, -0.15) is 0 Å². The molecule has 2 saturated heterocycles. The number of hydrogen-bond donors (Lipinski definition) is 1. The van der Waals surface area contributed by atoms with Crippen LogP contribution in [0.1, 0.15) is 33.1 Å². The molecule has 0 amide bonds. The highest BCUT2D eigenvalue weighted by Crippen LogP contribution is 2.20. The number of nitrogens with one attached hydrogen (secondary N) is 1. The summed E-state index contributed by atoms with van der Waals surface area (Å²) in [4.78, 5) is 5.38. The first-order valence-electron chi connectivity index (χ1n) is 7.43. The highest BCUT2D eigenvalue weighted by atomic mass is 15.3. The molecule has 100 valence electrons. The molecular formula is C14H29N3. The first-order valence-corrected chi connectivity index (χ1v) is 7.43. The Morgan fingerprint density at radius 3 is 2.82 bits per heavy atom. The lowest BCUT2D eigenvalue weighted by Crippen LogP contribution is -2.39. The summed E-state index contributed by atoms with van der Waals surface area (Å²) in [6.07, 6.45) is 4.21. The van der Waals surface area contributed by atoms with Gasteiger partial charge in [-0.05, 0) is 51.4 Å². The Bertz CT molecular complexity index is 218. The number of hydrogen-bond acceptors (Lipinski definition) is 3. The van der Waals surface area contributed by atoms with Crippen LogP contribution in [0.25, 0.3) is 0 Å². The Kier molecular flexibility index (Phi) is 5.26. The zero-order chi connectivity index (χ0) is 12.1. The standard InChI is InChI=1S/C14H29N3/c1-13(2)11-15-6-10-16-7-4-9-17-8-3-5-14(17)12-16/h13-15H,3-12H2,1-2H3. The second-order valence-corrected chi connectivity index (χ2v) is 6.08. The molecule has 2 rings (SSSR count). The van der Waals surface area contributed by atoms with Crippen LogP contribution >= 0.6 is 0 Å². The van der Waals surface area contributed by atoms with E-state index < -0.39 is 0 Å². The topological polar surface area (TPSA) is 18.5 Å². The smallest absolute Gasteiger partial charge is 0.0223 e. The van der Waals surface area contributed by atoms with Gasteiger partial charge in [0.1, 0.15) is 0 Å². The maximum absolute atomic E-state index is 3.56. The van der Waals surface area contributed by atoms with E-state index in [4.69, 9.17) is 0 Å². The maximum atomic E-state index is 3.56. The van der Waals surface area contributed by atoms with Gasteiger partial charge < -0.3 is 10.2 Å². The van der Waals surface area contributed by atoms with Gasteiger partial charge >= 0.3 is 0 Å². The number of nitrogens with zero attached hydrogens (tertiary/aromatic N) is 2. The minimum atomic E-state index is 0.768. The van der Waals surface area contributed by atoms with Gasteiger partial charge in [-0.15, -0.1) is 0 Å². The third kappa shape index (κ3) is 4.23. The molecule has 0 aromatic heterocycles. The highest BCUT2D eigenvalue weighted by Gasteiger charge is 2.28. The van der Waals surface area contributed by atoms with Crippen molar-refractivity contribution in [2.24, 2.45) is 5.92 Å². The van der Waals surface area contributed by atoms with Crippen molar-refractivity contribution in [1.82, 2.24) is 15.1 Å². The summed E-state index contributed by atoms with van der Waals surface area (Å²) < 4.78 is 0. The van der Waals surface area contributed by atoms with E-state index in [9.17, 15) is 0 Å². The molecule has 0 aliphatic carbocycles. The molecule has 1 atom stereocenters. The fraction of sp³-hybridized carbons (Fsp3) is 1.00. The van der Waals surface area contributed by atoms with Crippen LogP contribution in [-0.4, -0.2) is 61.7 Å². The Balaban J connectivity index is 1.66. The number of fused-ring (bicyclic) bond motifs is 1. The van der Waals surface area contributed by atoms with Crippen molar-refractivity contribution in [3.63, 3.8) is 0 Å². The molecule has 2 aliphatic heterocycles. The predicted octanol–water partition coefficient (Wildman–Crippen LogP) is 1.40. The normalized spacial score (nSPS) is 27.4. The van der Waals surface area contributed by atoms with Crippen LogP contribution in [-0.2, 0) is 0 Å². The van der Waals surface area contributed by atoms with Crippen molar-refractivity contribution >= 4 is 0 Å². The van der Waals surface area contributed by atoms with Gasteiger partial charge in [-0.1, -0.05) is 13.8 Å². The van der Waals surface area contributed by atoms with Gasteiger partial charge in [-0.3, -0.25) is 4.90 Å². The summed E-state index contributed by atoms with van der Waals surface area (Å²) in [5, 5.41) is 3.56. The summed E-state index contributed by atoms with van der Waals surface area (Å²) in [6, 6.07) is 0.864. The Morgan fingerprint density at radius 1 is 1.18 bits per heavy atom. The SMILES string of the molecule is CC(C)CNCCN1CCCN2CCCC2C1. The van der Waals surface area contributed by atoms with Crippen LogP contribution in [0.3, 0.4) is 0 Å². The summed E-state index contributed by atoms with van der Waals surface area (Å²) in [5.41, 5.74) is 0. The molecule has 3 heteroatoms. The lowest BCUT2D eigenvalue weighted by molar-refractivity contribution is 0.220. The first-order chi connectivity index (χ1) is 8.25. The van der Waals surface area contributed by atoms with E-state index in [1.54, 1.807) is 0 Å². The largest absolute Gasteiger partial charge is 0.315 e. The quantitative estimate of drug-likeness (QED) is 0.732. The third-order valence-corrected chi connectivity index (χ3v) is 4.05. The molecule has 1 N–H and O–H groups in total. The van der Waals surface area contributed by atoms with E-state index in [0.717, 1.165) is 25.0 Å². The minimum Gasteiger partial charge on any atom is -0.315 e. The molecule has 0 bridgehead atoms. The zero-order valence-electron chi connectivity index (χ0n) is 11.6. The molecule has 0 radical (unpaired) electrons. The van der Waals surface area contributed by atoms with E-state index in [2.05, 4.69) is 29.0 Å². The third-order valence-electron chi connectivity index (χ3n) is 4.05. The molecule has 3 nitrogen and oxygen atoms in total. The summed E-state index contributed by atoms with van der Waals surface area (Å²) in [7, 11) is 0. The van der Waals surface area contributed by atoms with E-state index in [1.807, 2.05) is 0 Å². The maximum Gasteiger partial charge on any atom is 0.0223 e. The van der Waals surface area contributed by atoms with Gasteiger partial charge in [0.2, 0.25) is 0 Å². The van der Waals surface area contributed by atoms with E-state index in [-0.39, 0.29) is 0 Å². The van der Waals surface area contributed by atoms with Gasteiger partial charge in [0.15, 0.2) is 0 Å². The molecule has 2 fully saturated rings. The molecule has 0 saturated carbocycles. The van der Waals surface area contributed by atoms with Crippen LogP contribution in [0.2, 0.25) is 0 Å². The summed E-state index contributed by atoms with van der Waals surface area (Å²) in [6.45, 7) is 13.4. The van der Waals surface area contributed by atoms with Crippen LogP contribution < -0.4 is 5.32 Å². The molecule has 1 unspecified atom stereocenters. The Morgan fingerprint density at radius 2 is 2.00 bits per heavy atom. The van der Waals surface area contributed by atoms with Crippen molar-refractivity contribution in [3.8, 4) is 0 Å². The van der Waals surface area contributed by atoms with Crippen molar-refractivity contribution in [3.05, 3.63) is 0 Å². The summed E-state index contributed by atoms with van der Waals surface area (Å²) >= 11 is 0. The average molecular weight is 239 g/mol. The van der Waals surface area contributed by atoms with E-state index in [0.29, 0.717) is 0 Å². The first kappa shape index (κ1) is 13.3.